The van der Waals surface area contributed by atoms with Crippen LogP contribution in [-0.4, -0.2) is 35.9 Å². The molecule has 2 rings (SSSR count). The normalized spacial score (nSPS) is 22.1. The second-order valence-corrected chi connectivity index (χ2v) is 6.60. The lowest BCUT2D eigenvalue weighted by molar-refractivity contribution is 0.312. The van der Waals surface area contributed by atoms with Gasteiger partial charge < -0.3 is 10.2 Å². The van der Waals surface area contributed by atoms with Gasteiger partial charge in [0.25, 0.3) is 0 Å². The fraction of sp³-hybridized carbons (Fsp3) is 0.750. The predicted molar refractivity (Wildman–Crippen MR) is 92.4 cm³/mol. The minimum absolute atomic E-state index is 0.617. The highest BCUT2D eigenvalue weighted by atomic mass is 32.2. The number of thioether (sulfide) groups is 1. The van der Waals surface area contributed by atoms with Crippen molar-refractivity contribution >= 4 is 23.4 Å². The van der Waals surface area contributed by atoms with E-state index in [2.05, 4.69) is 47.1 Å². The average Bonchev–Trinajstić information content (AvgIpc) is 2.54. The molecule has 0 radical (unpaired) electrons. The van der Waals surface area contributed by atoms with Crippen molar-refractivity contribution in [3.05, 3.63) is 6.07 Å². The van der Waals surface area contributed by atoms with Crippen molar-refractivity contribution in [2.24, 2.45) is 5.92 Å². The molecular formula is C16H28N4S. The Kier molecular flexibility index (Phi) is 6.15. The highest BCUT2D eigenvalue weighted by Crippen LogP contribution is 2.31. The lowest BCUT2D eigenvalue weighted by atomic mass is 9.84. The zero-order valence-electron chi connectivity index (χ0n) is 13.7. The monoisotopic (exact) mass is 308 g/mol. The van der Waals surface area contributed by atoms with Crippen LogP contribution < -0.4 is 10.2 Å². The number of rotatable bonds is 6. The lowest BCUT2D eigenvalue weighted by Gasteiger charge is -2.35. The maximum atomic E-state index is 4.69. The zero-order valence-corrected chi connectivity index (χ0v) is 14.5. The van der Waals surface area contributed by atoms with Gasteiger partial charge in [0.1, 0.15) is 11.6 Å². The Morgan fingerprint density at radius 2 is 1.95 bits per heavy atom. The van der Waals surface area contributed by atoms with Crippen LogP contribution in [0.25, 0.3) is 0 Å². The van der Waals surface area contributed by atoms with E-state index in [4.69, 9.17) is 0 Å². The molecule has 0 aliphatic heterocycles. The van der Waals surface area contributed by atoms with Crippen molar-refractivity contribution in [3.8, 4) is 0 Å². The number of nitrogens with zero attached hydrogens (tertiary/aromatic N) is 3. The van der Waals surface area contributed by atoms with Gasteiger partial charge in [0.2, 0.25) is 0 Å². The highest BCUT2D eigenvalue weighted by Gasteiger charge is 2.24. The predicted octanol–water partition coefficient (Wildman–Crippen LogP) is 4.04. The highest BCUT2D eigenvalue weighted by molar-refractivity contribution is 7.98. The Labute approximate surface area is 133 Å². The third-order valence-electron chi connectivity index (χ3n) is 4.54. The maximum absolute atomic E-state index is 4.69. The molecular weight excluding hydrogens is 280 g/mol. The third-order valence-corrected chi connectivity index (χ3v) is 5.08. The molecule has 0 amide bonds. The zero-order chi connectivity index (χ0) is 15.2. The van der Waals surface area contributed by atoms with E-state index in [1.807, 2.05) is 6.26 Å². The van der Waals surface area contributed by atoms with Gasteiger partial charge >= 0.3 is 0 Å². The summed E-state index contributed by atoms with van der Waals surface area (Å²) in [6, 6.07) is 2.70. The second-order valence-electron chi connectivity index (χ2n) is 5.82. The first-order chi connectivity index (χ1) is 10.2. The summed E-state index contributed by atoms with van der Waals surface area (Å²) in [5, 5.41) is 4.15. The first-order valence-electron chi connectivity index (χ1n) is 8.07. The van der Waals surface area contributed by atoms with Gasteiger partial charge in [-0.05, 0) is 44.8 Å². The van der Waals surface area contributed by atoms with Crippen LogP contribution in [0.1, 0.15) is 46.0 Å². The fourth-order valence-electron chi connectivity index (χ4n) is 3.08. The van der Waals surface area contributed by atoms with Crippen LogP contribution in [0.5, 0.6) is 0 Å². The summed E-state index contributed by atoms with van der Waals surface area (Å²) in [5.74, 6) is 2.91. The molecule has 1 heterocycles. The number of aromatic nitrogens is 2. The van der Waals surface area contributed by atoms with Gasteiger partial charge in [0.05, 0.1) is 0 Å². The van der Waals surface area contributed by atoms with Crippen molar-refractivity contribution < 1.29 is 0 Å². The number of hydrogen-bond acceptors (Lipinski definition) is 5. The number of hydrogen-bond donors (Lipinski definition) is 1. The molecule has 1 saturated carbocycles. The summed E-state index contributed by atoms with van der Waals surface area (Å²) in [6.45, 7) is 5.29. The topological polar surface area (TPSA) is 41.0 Å². The summed E-state index contributed by atoms with van der Waals surface area (Å²) in [4.78, 5) is 11.6. The van der Waals surface area contributed by atoms with Crippen LogP contribution in [0.3, 0.4) is 0 Å². The largest absolute Gasteiger partial charge is 0.370 e. The number of nitrogens with one attached hydrogen (secondary N) is 1. The molecule has 0 saturated heterocycles. The van der Waals surface area contributed by atoms with Crippen molar-refractivity contribution in [1.29, 1.82) is 0 Å². The fourth-order valence-corrected chi connectivity index (χ4v) is 3.46. The summed E-state index contributed by atoms with van der Waals surface area (Å²) < 4.78 is 0. The Balaban J connectivity index is 2.10. The molecule has 1 fully saturated rings. The molecule has 118 valence electrons. The molecule has 1 aromatic heterocycles. The first kappa shape index (κ1) is 16.4. The van der Waals surface area contributed by atoms with E-state index in [0.29, 0.717) is 6.04 Å². The maximum Gasteiger partial charge on any atom is 0.191 e. The van der Waals surface area contributed by atoms with E-state index < -0.39 is 0 Å². The van der Waals surface area contributed by atoms with Crippen LogP contribution in [0, 0.1) is 5.92 Å². The molecule has 0 bridgehead atoms. The Morgan fingerprint density at radius 1 is 1.24 bits per heavy atom. The molecule has 0 aromatic carbocycles. The second kappa shape index (κ2) is 7.87. The Bertz CT molecular complexity index is 444. The molecule has 0 atom stereocenters. The van der Waals surface area contributed by atoms with Crippen molar-refractivity contribution in [2.45, 2.75) is 57.1 Å². The van der Waals surface area contributed by atoms with E-state index in [1.165, 1.54) is 32.1 Å². The molecule has 1 aliphatic rings. The van der Waals surface area contributed by atoms with Crippen LogP contribution >= 0.6 is 11.8 Å². The van der Waals surface area contributed by atoms with E-state index in [9.17, 15) is 0 Å². The molecule has 1 aliphatic carbocycles. The van der Waals surface area contributed by atoms with Gasteiger partial charge in [0, 0.05) is 25.7 Å². The SMILES string of the molecule is CCNc1cc(N(C)C2CCC(CC)CC2)nc(SC)n1. The van der Waals surface area contributed by atoms with Gasteiger partial charge in [-0.3, -0.25) is 0 Å². The first-order valence-corrected chi connectivity index (χ1v) is 9.30. The van der Waals surface area contributed by atoms with Crippen LogP contribution in [-0.2, 0) is 0 Å². The van der Waals surface area contributed by atoms with Gasteiger partial charge in [-0.25, -0.2) is 9.97 Å². The van der Waals surface area contributed by atoms with Crippen molar-refractivity contribution in [2.75, 3.05) is 30.1 Å². The summed E-state index contributed by atoms with van der Waals surface area (Å²) in [5.41, 5.74) is 0. The van der Waals surface area contributed by atoms with Gasteiger partial charge in [-0.1, -0.05) is 25.1 Å². The molecule has 0 spiro atoms. The van der Waals surface area contributed by atoms with Gasteiger partial charge in [-0.2, -0.15) is 0 Å². The standard InChI is InChI=1S/C16H28N4S/c1-5-12-7-9-13(10-8-12)20(3)15-11-14(17-6-2)18-16(19-15)21-4/h11-13H,5-10H2,1-4H3,(H,17,18,19). The van der Waals surface area contributed by atoms with Crippen molar-refractivity contribution in [3.63, 3.8) is 0 Å². The Hall–Kier alpha value is -0.970. The number of anilines is 2. The summed E-state index contributed by atoms with van der Waals surface area (Å²) in [7, 11) is 2.18. The molecule has 1 aromatic rings. The molecule has 4 nitrogen and oxygen atoms in total. The summed E-state index contributed by atoms with van der Waals surface area (Å²) >= 11 is 1.60. The van der Waals surface area contributed by atoms with E-state index in [0.717, 1.165) is 29.3 Å². The van der Waals surface area contributed by atoms with Crippen LogP contribution in [0.15, 0.2) is 11.2 Å². The van der Waals surface area contributed by atoms with Crippen LogP contribution in [0.4, 0.5) is 11.6 Å². The minimum Gasteiger partial charge on any atom is -0.370 e. The molecule has 0 unspecified atom stereocenters. The Morgan fingerprint density at radius 3 is 2.52 bits per heavy atom. The summed E-state index contributed by atoms with van der Waals surface area (Å²) in [6.07, 6.45) is 8.62. The van der Waals surface area contributed by atoms with Crippen LogP contribution in [0.2, 0.25) is 0 Å². The quantitative estimate of drug-likeness (QED) is 0.634. The molecule has 21 heavy (non-hydrogen) atoms. The molecule has 5 heteroatoms. The smallest absolute Gasteiger partial charge is 0.191 e. The minimum atomic E-state index is 0.617. The van der Waals surface area contributed by atoms with Crippen molar-refractivity contribution in [1.82, 2.24) is 9.97 Å². The average molecular weight is 308 g/mol. The lowest BCUT2D eigenvalue weighted by Crippen LogP contribution is -2.35. The van der Waals surface area contributed by atoms with E-state index in [-0.39, 0.29) is 0 Å². The van der Waals surface area contributed by atoms with E-state index in [1.54, 1.807) is 11.8 Å². The molecule has 1 N–H and O–H groups in total. The third kappa shape index (κ3) is 4.25. The van der Waals surface area contributed by atoms with E-state index >= 15 is 0 Å². The van der Waals surface area contributed by atoms with Gasteiger partial charge in [0.15, 0.2) is 5.16 Å². The van der Waals surface area contributed by atoms with Gasteiger partial charge in [-0.15, -0.1) is 0 Å².